The van der Waals surface area contributed by atoms with Crippen LogP contribution >= 0.6 is 11.3 Å². The van der Waals surface area contributed by atoms with Crippen molar-refractivity contribution < 1.29 is 14.7 Å². The van der Waals surface area contributed by atoms with Crippen molar-refractivity contribution in [3.63, 3.8) is 0 Å². The van der Waals surface area contributed by atoms with Gasteiger partial charge in [0, 0.05) is 11.0 Å². The summed E-state index contributed by atoms with van der Waals surface area (Å²) in [5.41, 5.74) is 3.15. The molecule has 0 fully saturated rings. The highest BCUT2D eigenvalue weighted by Gasteiger charge is 2.26. The zero-order chi connectivity index (χ0) is 15.9. The molecule has 0 spiro atoms. The minimum Gasteiger partial charge on any atom is -0.478 e. The quantitative estimate of drug-likeness (QED) is 0.872. The molecule has 1 aromatic heterocycles. The highest BCUT2D eigenvalue weighted by molar-refractivity contribution is 7.12. The lowest BCUT2D eigenvalue weighted by molar-refractivity contribution is 0.0695. The summed E-state index contributed by atoms with van der Waals surface area (Å²) in [5.74, 6) is -0.810. The van der Waals surface area contributed by atoms with E-state index in [1.807, 2.05) is 19.2 Å². The van der Waals surface area contributed by atoms with Gasteiger partial charge in [0.25, 0.3) is 0 Å². The summed E-state index contributed by atoms with van der Waals surface area (Å²) in [6.07, 6.45) is 2.27. The van der Waals surface area contributed by atoms with Crippen molar-refractivity contribution in [1.82, 2.24) is 4.98 Å². The van der Waals surface area contributed by atoms with Crippen molar-refractivity contribution in [2.75, 3.05) is 0 Å². The number of allylic oxidation sites excluding steroid dienone is 2. The fourth-order valence-electron chi connectivity index (χ4n) is 2.56. The number of fused-ring (bicyclic) bond motifs is 1. The maximum absolute atomic E-state index is 12.7. The van der Waals surface area contributed by atoms with E-state index < -0.39 is 5.97 Å². The Balaban J connectivity index is 1.97. The maximum atomic E-state index is 12.7. The third-order valence-electron chi connectivity index (χ3n) is 3.76. The predicted molar refractivity (Wildman–Crippen MR) is 85.6 cm³/mol. The topological polar surface area (TPSA) is 67.3 Å². The molecular weight excluding hydrogens is 298 g/mol. The van der Waals surface area contributed by atoms with Crippen LogP contribution < -0.4 is 0 Å². The normalized spacial score (nSPS) is 13.1. The molecule has 1 aromatic carbocycles. The largest absolute Gasteiger partial charge is 0.478 e. The lowest BCUT2D eigenvalue weighted by Gasteiger charge is -2.06. The molecule has 0 radical (unpaired) electrons. The number of nitrogens with zero attached hydrogens (tertiary/aromatic N) is 1. The van der Waals surface area contributed by atoms with Crippen LogP contribution in [0.5, 0.6) is 0 Å². The second-order valence-corrected chi connectivity index (χ2v) is 6.38. The van der Waals surface area contributed by atoms with Gasteiger partial charge in [-0.15, -0.1) is 11.3 Å². The minimum atomic E-state index is -0.963. The van der Waals surface area contributed by atoms with Gasteiger partial charge in [-0.05, 0) is 29.5 Å². The van der Waals surface area contributed by atoms with E-state index in [1.165, 1.54) is 11.3 Å². The SMILES string of the molecule is CC(C)c1csc(C(=O)C2=CCc3c(C(=O)O)cccc32)n1. The molecule has 0 aliphatic heterocycles. The van der Waals surface area contributed by atoms with Gasteiger partial charge in [-0.2, -0.15) is 0 Å². The highest BCUT2D eigenvalue weighted by Crippen LogP contribution is 2.33. The minimum absolute atomic E-state index is 0.127. The summed E-state index contributed by atoms with van der Waals surface area (Å²) >= 11 is 1.34. The Kier molecular flexibility index (Phi) is 3.66. The standard InChI is InChI=1S/C17H15NO3S/c1-9(2)14-8-22-16(18-14)15(19)12-7-6-11-10(12)4-3-5-13(11)17(20)21/h3-5,7-9H,6H2,1-2H3,(H,20,21). The molecule has 5 heteroatoms. The number of ketones is 1. The molecule has 0 atom stereocenters. The van der Waals surface area contributed by atoms with Crippen molar-refractivity contribution in [1.29, 1.82) is 0 Å². The Morgan fingerprint density at radius 3 is 2.73 bits per heavy atom. The number of aromatic carboxylic acids is 1. The number of hydrogen-bond donors (Lipinski definition) is 1. The predicted octanol–water partition coefficient (Wildman–Crippen LogP) is 3.79. The van der Waals surface area contributed by atoms with Gasteiger partial charge >= 0.3 is 5.97 Å². The van der Waals surface area contributed by atoms with Crippen LogP contribution in [0.25, 0.3) is 5.57 Å². The number of carbonyl (C=O) groups excluding carboxylic acids is 1. The molecule has 0 unspecified atom stereocenters. The van der Waals surface area contributed by atoms with E-state index in [1.54, 1.807) is 24.3 Å². The van der Waals surface area contributed by atoms with Gasteiger partial charge in [0.1, 0.15) is 0 Å². The van der Waals surface area contributed by atoms with Crippen LogP contribution in [0.4, 0.5) is 0 Å². The first-order chi connectivity index (χ1) is 10.5. The summed E-state index contributed by atoms with van der Waals surface area (Å²) in [6.45, 7) is 4.07. The number of benzene rings is 1. The lowest BCUT2D eigenvalue weighted by atomic mass is 9.98. The summed E-state index contributed by atoms with van der Waals surface area (Å²) < 4.78 is 0. The molecule has 0 amide bonds. The third kappa shape index (κ3) is 2.37. The van der Waals surface area contributed by atoms with Crippen LogP contribution in [0, 0.1) is 0 Å². The molecule has 1 aliphatic carbocycles. The fourth-order valence-corrected chi connectivity index (χ4v) is 3.49. The van der Waals surface area contributed by atoms with Crippen LogP contribution in [0.2, 0.25) is 0 Å². The molecule has 112 valence electrons. The molecule has 22 heavy (non-hydrogen) atoms. The van der Waals surface area contributed by atoms with Gasteiger partial charge in [0.2, 0.25) is 5.78 Å². The number of carboxylic acid groups (broad SMARTS) is 1. The van der Waals surface area contributed by atoms with Crippen LogP contribution in [0.1, 0.15) is 56.7 Å². The lowest BCUT2D eigenvalue weighted by Crippen LogP contribution is -2.05. The first-order valence-corrected chi connectivity index (χ1v) is 7.93. The Bertz CT molecular complexity index is 802. The van der Waals surface area contributed by atoms with Gasteiger partial charge in [-0.25, -0.2) is 9.78 Å². The monoisotopic (exact) mass is 313 g/mol. The molecule has 1 heterocycles. The Morgan fingerprint density at radius 1 is 1.32 bits per heavy atom. The molecule has 2 aromatic rings. The zero-order valence-electron chi connectivity index (χ0n) is 12.3. The van der Waals surface area contributed by atoms with E-state index >= 15 is 0 Å². The van der Waals surface area contributed by atoms with Gasteiger partial charge in [0.05, 0.1) is 11.3 Å². The number of aromatic nitrogens is 1. The average Bonchev–Trinajstić information content (AvgIpc) is 3.13. The number of Topliss-reactive ketones (excluding diaryl/α,β-unsaturated/α-hetero) is 1. The van der Waals surface area contributed by atoms with Gasteiger partial charge in [-0.3, -0.25) is 4.79 Å². The number of carboxylic acids is 1. The summed E-state index contributed by atoms with van der Waals surface area (Å²) in [6, 6.07) is 5.05. The fraction of sp³-hybridized carbons (Fsp3) is 0.235. The van der Waals surface area contributed by atoms with Crippen molar-refractivity contribution in [2.45, 2.75) is 26.2 Å². The second kappa shape index (κ2) is 5.50. The molecule has 0 saturated carbocycles. The van der Waals surface area contributed by atoms with Crippen molar-refractivity contribution in [3.05, 3.63) is 57.0 Å². The van der Waals surface area contributed by atoms with E-state index in [-0.39, 0.29) is 17.3 Å². The molecule has 1 aliphatic rings. The van der Waals surface area contributed by atoms with E-state index in [0.717, 1.165) is 5.69 Å². The molecule has 1 N–H and O–H groups in total. The number of hydrogen-bond acceptors (Lipinski definition) is 4. The third-order valence-corrected chi connectivity index (χ3v) is 4.62. The van der Waals surface area contributed by atoms with Gasteiger partial charge in [-0.1, -0.05) is 32.1 Å². The average molecular weight is 313 g/mol. The highest BCUT2D eigenvalue weighted by atomic mass is 32.1. The van der Waals surface area contributed by atoms with Crippen LogP contribution in [0.3, 0.4) is 0 Å². The first-order valence-electron chi connectivity index (χ1n) is 7.05. The van der Waals surface area contributed by atoms with E-state index in [9.17, 15) is 14.7 Å². The van der Waals surface area contributed by atoms with Gasteiger partial charge in [0.15, 0.2) is 5.01 Å². The first kappa shape index (κ1) is 14.7. The molecule has 4 nitrogen and oxygen atoms in total. The zero-order valence-corrected chi connectivity index (χ0v) is 13.1. The summed E-state index contributed by atoms with van der Waals surface area (Å²) in [4.78, 5) is 28.3. The molecule has 3 rings (SSSR count). The number of rotatable bonds is 4. The van der Waals surface area contributed by atoms with Crippen LogP contribution in [-0.2, 0) is 6.42 Å². The Hall–Kier alpha value is -2.27. The Labute approximate surface area is 132 Å². The Morgan fingerprint density at radius 2 is 2.09 bits per heavy atom. The molecule has 0 saturated heterocycles. The summed E-state index contributed by atoms with van der Waals surface area (Å²) in [5, 5.41) is 11.6. The van der Waals surface area contributed by atoms with E-state index in [4.69, 9.17) is 0 Å². The van der Waals surface area contributed by atoms with E-state index in [0.29, 0.717) is 28.1 Å². The molecular formula is C17H15NO3S. The van der Waals surface area contributed by atoms with Crippen LogP contribution in [0.15, 0.2) is 29.7 Å². The van der Waals surface area contributed by atoms with Crippen molar-refractivity contribution >= 4 is 28.7 Å². The smallest absolute Gasteiger partial charge is 0.335 e. The van der Waals surface area contributed by atoms with E-state index in [2.05, 4.69) is 4.98 Å². The van der Waals surface area contributed by atoms with Crippen molar-refractivity contribution in [2.24, 2.45) is 0 Å². The van der Waals surface area contributed by atoms with Crippen LogP contribution in [-0.4, -0.2) is 21.8 Å². The number of thiazole rings is 1. The second-order valence-electron chi connectivity index (χ2n) is 5.52. The molecule has 0 bridgehead atoms. The number of carbonyl (C=O) groups is 2. The van der Waals surface area contributed by atoms with Crippen molar-refractivity contribution in [3.8, 4) is 0 Å². The van der Waals surface area contributed by atoms with Gasteiger partial charge < -0.3 is 5.11 Å². The maximum Gasteiger partial charge on any atom is 0.335 e. The summed E-state index contributed by atoms with van der Waals surface area (Å²) in [7, 11) is 0.